The number of nitrogens with zero attached hydrogens (tertiary/aromatic N) is 1. The summed E-state index contributed by atoms with van der Waals surface area (Å²) in [5, 5.41) is 2.53. The topological polar surface area (TPSA) is 3.24 Å². The van der Waals surface area contributed by atoms with Crippen LogP contribution in [0.25, 0.3) is 66.4 Å². The van der Waals surface area contributed by atoms with Gasteiger partial charge in [0.2, 0.25) is 0 Å². The van der Waals surface area contributed by atoms with Crippen LogP contribution in [0.1, 0.15) is 108 Å². The Kier molecular flexibility index (Phi) is 8.74. The van der Waals surface area contributed by atoms with E-state index < -0.39 is 0 Å². The van der Waals surface area contributed by atoms with Crippen LogP contribution in [0.5, 0.6) is 0 Å². The summed E-state index contributed by atoms with van der Waals surface area (Å²) in [6, 6.07) is 73.0. The van der Waals surface area contributed by atoms with Gasteiger partial charge in [0.05, 0.1) is 5.69 Å². The Balaban J connectivity index is 0.888. The molecule has 0 heterocycles. The maximum atomic E-state index is 2.63. The molecule has 4 unspecified atom stereocenters. The maximum absolute atomic E-state index is 2.63. The van der Waals surface area contributed by atoms with Crippen molar-refractivity contribution in [2.45, 2.75) is 96.3 Å². The van der Waals surface area contributed by atoms with Crippen molar-refractivity contribution in [2.24, 2.45) is 29.1 Å². The van der Waals surface area contributed by atoms with Gasteiger partial charge in [-0.05, 0) is 190 Å². The fraction of sp³-hybridized carbons (Fsp3) is 0.278. The van der Waals surface area contributed by atoms with E-state index in [0.29, 0.717) is 5.41 Å². The molecule has 0 aromatic heterocycles. The standard InChI is InChI=1S/C72H65N/c1-68(2,3)47-35-46(36-48(38-47)69(4,5)6)53-22-15-17-44-18-16-23-59(67(44)53)58-21-11-14-26-64(58)73(52-32-34-56-54-19-9-12-24-60(54)70(7,8)62(56)42-52)51-30-27-43(28-31-51)45-29-33-57-55-20-10-13-25-61(55)72(63(57)37-45)65-40-49-39-50-41-66(72)71(49,50)65/h9-38,42,49-50,65-66H,39-41H2,1-8H3. The first-order valence-corrected chi connectivity index (χ1v) is 27.4. The first-order valence-electron chi connectivity index (χ1n) is 27.4. The molecule has 73 heavy (non-hydrogen) atoms. The highest BCUT2D eigenvalue weighted by molar-refractivity contribution is 6.09. The van der Waals surface area contributed by atoms with Crippen LogP contribution in [0, 0.1) is 29.1 Å². The van der Waals surface area contributed by atoms with Gasteiger partial charge in [-0.15, -0.1) is 0 Å². The third kappa shape index (κ3) is 5.64. The van der Waals surface area contributed by atoms with Crippen LogP contribution in [0.3, 0.4) is 0 Å². The van der Waals surface area contributed by atoms with Gasteiger partial charge in [0.25, 0.3) is 0 Å². The zero-order valence-electron chi connectivity index (χ0n) is 43.8. The third-order valence-corrected chi connectivity index (χ3v) is 20.1. The summed E-state index contributed by atoms with van der Waals surface area (Å²) in [4.78, 5) is 2.54. The highest BCUT2D eigenvalue weighted by Crippen LogP contribution is 2.94. The molecule has 9 aromatic carbocycles. The van der Waals surface area contributed by atoms with Gasteiger partial charge in [-0.2, -0.15) is 0 Å². The lowest BCUT2D eigenvalue weighted by Crippen LogP contribution is -2.88. The zero-order chi connectivity index (χ0) is 49.6. The second kappa shape index (κ2) is 14.6. The van der Waals surface area contributed by atoms with Crippen molar-refractivity contribution in [2.75, 3.05) is 4.90 Å². The first kappa shape index (κ1) is 43.6. The van der Waals surface area contributed by atoms with Crippen molar-refractivity contribution < 1.29 is 0 Å². The number of para-hydroxylation sites is 1. The summed E-state index contributed by atoms with van der Waals surface area (Å²) in [5.74, 6) is 3.62. The fourth-order valence-electron chi connectivity index (χ4n) is 16.6. The van der Waals surface area contributed by atoms with Gasteiger partial charge in [-0.3, -0.25) is 0 Å². The van der Waals surface area contributed by atoms with E-state index in [1.165, 1.54) is 108 Å². The Morgan fingerprint density at radius 2 is 0.932 bits per heavy atom. The number of anilines is 3. The minimum Gasteiger partial charge on any atom is -0.310 e. The van der Waals surface area contributed by atoms with E-state index in [1.54, 1.807) is 11.1 Å². The highest BCUT2D eigenvalue weighted by atomic mass is 15.1. The molecule has 9 aromatic rings. The monoisotopic (exact) mass is 944 g/mol. The van der Waals surface area contributed by atoms with Crippen LogP contribution < -0.4 is 4.90 Å². The Bertz CT molecular complexity index is 3750. The van der Waals surface area contributed by atoms with Gasteiger partial charge in [0, 0.05) is 27.8 Å². The van der Waals surface area contributed by atoms with Gasteiger partial charge >= 0.3 is 0 Å². The van der Waals surface area contributed by atoms with Crippen LogP contribution in [0.4, 0.5) is 17.1 Å². The van der Waals surface area contributed by atoms with Gasteiger partial charge in [0.1, 0.15) is 0 Å². The molecule has 0 N–H and O–H groups in total. The van der Waals surface area contributed by atoms with Crippen molar-refractivity contribution in [3.05, 3.63) is 221 Å². The lowest BCUT2D eigenvalue weighted by atomic mass is 9.11. The van der Waals surface area contributed by atoms with Crippen molar-refractivity contribution in [3.63, 3.8) is 0 Å². The molecular weight excluding hydrogens is 879 g/mol. The van der Waals surface area contributed by atoms with Crippen molar-refractivity contribution >= 4 is 27.8 Å². The summed E-state index contributed by atoms with van der Waals surface area (Å²) in [6.45, 7) is 18.8. The minimum absolute atomic E-state index is 0.00240. The van der Waals surface area contributed by atoms with Crippen LogP contribution >= 0.6 is 0 Å². The summed E-state index contributed by atoms with van der Waals surface area (Å²) < 4.78 is 0. The number of fused-ring (bicyclic) bond motifs is 11. The molecule has 4 atom stereocenters. The van der Waals surface area contributed by atoms with E-state index in [9.17, 15) is 0 Å². The number of benzene rings is 9. The van der Waals surface area contributed by atoms with E-state index in [0.717, 1.165) is 40.7 Å². The first-order chi connectivity index (χ1) is 35.2. The van der Waals surface area contributed by atoms with Gasteiger partial charge < -0.3 is 4.90 Å². The molecule has 0 aliphatic heterocycles. The van der Waals surface area contributed by atoms with E-state index in [-0.39, 0.29) is 21.7 Å². The van der Waals surface area contributed by atoms with E-state index in [2.05, 4.69) is 248 Å². The predicted molar refractivity (Wildman–Crippen MR) is 306 cm³/mol. The average molecular weight is 944 g/mol. The number of rotatable bonds is 6. The van der Waals surface area contributed by atoms with Crippen LogP contribution in [0.15, 0.2) is 188 Å². The predicted octanol–water partition coefficient (Wildman–Crippen LogP) is 19.2. The molecule has 1 nitrogen and oxygen atoms in total. The molecular formula is C72H65N. The molecule has 1 heteroatoms. The second-order valence-electron chi connectivity index (χ2n) is 25.7. The maximum Gasteiger partial charge on any atom is 0.0540 e. The van der Waals surface area contributed by atoms with Gasteiger partial charge in [-0.1, -0.05) is 207 Å². The van der Waals surface area contributed by atoms with Crippen LogP contribution in [-0.4, -0.2) is 0 Å². The quantitative estimate of drug-likeness (QED) is 0.161. The minimum atomic E-state index is -0.140. The van der Waals surface area contributed by atoms with Crippen molar-refractivity contribution in [3.8, 4) is 55.6 Å². The van der Waals surface area contributed by atoms with E-state index >= 15 is 0 Å². The van der Waals surface area contributed by atoms with E-state index in [1.807, 2.05) is 0 Å². The van der Waals surface area contributed by atoms with Crippen LogP contribution in [-0.2, 0) is 21.7 Å². The summed E-state index contributed by atoms with van der Waals surface area (Å²) in [7, 11) is 0. The molecule has 2 spiro atoms. The molecule has 0 amide bonds. The zero-order valence-corrected chi connectivity index (χ0v) is 43.8. The Labute approximate surface area is 433 Å². The molecule has 4 saturated carbocycles. The molecule has 15 rings (SSSR count). The van der Waals surface area contributed by atoms with Crippen molar-refractivity contribution in [1.82, 2.24) is 0 Å². The highest BCUT2D eigenvalue weighted by Gasteiger charge is 2.90. The molecule has 6 aliphatic carbocycles. The Morgan fingerprint density at radius 3 is 1.60 bits per heavy atom. The number of hydrogen-bond acceptors (Lipinski definition) is 1. The lowest BCUT2D eigenvalue weighted by Gasteiger charge is -2.92. The fourth-order valence-corrected chi connectivity index (χ4v) is 16.6. The van der Waals surface area contributed by atoms with Gasteiger partial charge in [-0.25, -0.2) is 0 Å². The molecule has 0 saturated heterocycles. The van der Waals surface area contributed by atoms with Crippen LogP contribution in [0.2, 0.25) is 0 Å². The smallest absolute Gasteiger partial charge is 0.0540 e. The second-order valence-corrected chi connectivity index (χ2v) is 25.7. The number of hydrogen-bond donors (Lipinski definition) is 0. The molecule has 0 bridgehead atoms. The molecule has 358 valence electrons. The summed E-state index contributed by atoms with van der Waals surface area (Å²) >= 11 is 0. The Morgan fingerprint density at radius 1 is 0.397 bits per heavy atom. The summed E-state index contributed by atoms with van der Waals surface area (Å²) in [5.41, 5.74) is 26.2. The SMILES string of the molecule is CC(C)(C)c1cc(-c2cccc3cccc(-c4ccccc4N(c4ccc(-c5ccc6c(c5)C5(c7ccccc7-6)C6CC7CC8CC5C786)cc4)c4ccc5c(c4)C(C)(C)c4ccccc4-5)c23)cc(C(C)(C)C)c1. The average Bonchev–Trinajstić information content (AvgIpc) is 3.84. The summed E-state index contributed by atoms with van der Waals surface area (Å²) in [6.07, 6.45) is 4.34. The largest absolute Gasteiger partial charge is 0.310 e. The lowest BCUT2D eigenvalue weighted by molar-refractivity contribution is -0.412. The van der Waals surface area contributed by atoms with Gasteiger partial charge in [0.15, 0.2) is 0 Å². The van der Waals surface area contributed by atoms with Crippen molar-refractivity contribution in [1.29, 1.82) is 0 Å². The Hall–Kier alpha value is -6.96. The molecule has 0 radical (unpaired) electrons. The normalized spacial score (nSPS) is 23.9. The van der Waals surface area contributed by atoms with E-state index in [4.69, 9.17) is 0 Å². The molecule has 4 fully saturated rings. The molecule has 6 aliphatic rings. The third-order valence-electron chi connectivity index (χ3n) is 20.1.